The quantitative estimate of drug-likeness (QED) is 0.280. The normalized spacial score (nSPS) is 12.6. The van der Waals surface area contributed by atoms with Gasteiger partial charge in [0.1, 0.15) is 6.10 Å². The Labute approximate surface area is 187 Å². The first-order valence-corrected chi connectivity index (χ1v) is 9.86. The number of rotatable bonds is 8. The smallest absolute Gasteiger partial charge is 0.191 e. The number of nitrogens with one attached hydrogen (secondary N) is 2. The molecule has 150 valence electrons. The van der Waals surface area contributed by atoms with Crippen LogP contribution in [0, 0.1) is 0 Å². The van der Waals surface area contributed by atoms with Crippen LogP contribution in [0.25, 0.3) is 0 Å². The molecule has 1 aromatic heterocycles. The summed E-state index contributed by atoms with van der Waals surface area (Å²) in [7, 11) is 4.12. The third-order valence-corrected chi connectivity index (χ3v) is 5.07. The number of benzene rings is 1. The van der Waals surface area contributed by atoms with Crippen LogP contribution in [0.5, 0.6) is 0 Å². The van der Waals surface area contributed by atoms with E-state index in [-0.39, 0.29) is 24.0 Å². The molecule has 1 atom stereocenters. The number of guanidine groups is 1. The second-order valence-electron chi connectivity index (χ2n) is 6.24. The van der Waals surface area contributed by atoms with Crippen LogP contribution in [0.3, 0.4) is 0 Å². The molecule has 1 unspecified atom stereocenters. The maximum absolute atomic E-state index is 10.3. The number of nitrogens with zero attached hydrogens (tertiary/aromatic N) is 2. The van der Waals surface area contributed by atoms with Crippen molar-refractivity contribution in [3.63, 3.8) is 0 Å². The molecule has 0 fully saturated rings. The van der Waals surface area contributed by atoms with E-state index in [1.807, 2.05) is 19.1 Å². The van der Waals surface area contributed by atoms with Gasteiger partial charge in [-0.3, -0.25) is 0 Å². The zero-order valence-corrected chi connectivity index (χ0v) is 19.8. The number of aliphatic hydroxyl groups excluding tert-OH is 1. The highest BCUT2D eigenvalue weighted by Crippen LogP contribution is 2.26. The van der Waals surface area contributed by atoms with Gasteiger partial charge in [-0.05, 0) is 44.3 Å². The summed E-state index contributed by atoms with van der Waals surface area (Å²) < 4.78 is 0.678. The molecule has 0 bridgehead atoms. The average Bonchev–Trinajstić information content (AvgIpc) is 3.04. The summed E-state index contributed by atoms with van der Waals surface area (Å²) in [5.41, 5.74) is 2.47. The number of aliphatic hydroxyl groups is 1. The van der Waals surface area contributed by atoms with E-state index in [9.17, 15) is 5.11 Å². The molecular formula is C19H28ClIN4OS. The second-order valence-corrected chi connectivity index (χ2v) is 7.99. The first-order valence-electron chi connectivity index (χ1n) is 8.66. The molecule has 27 heavy (non-hydrogen) atoms. The molecule has 0 spiro atoms. The van der Waals surface area contributed by atoms with Crippen LogP contribution in [0.15, 0.2) is 41.4 Å². The van der Waals surface area contributed by atoms with Gasteiger partial charge in [0.15, 0.2) is 5.96 Å². The zero-order valence-electron chi connectivity index (χ0n) is 15.9. The molecule has 0 aliphatic rings. The number of aliphatic imine (C=N–C) groups is 1. The highest BCUT2D eigenvalue weighted by molar-refractivity contribution is 14.0. The summed E-state index contributed by atoms with van der Waals surface area (Å²) in [5, 5.41) is 16.7. The van der Waals surface area contributed by atoms with Crippen LogP contribution >= 0.6 is 46.9 Å². The van der Waals surface area contributed by atoms with Crippen molar-refractivity contribution < 1.29 is 5.11 Å². The van der Waals surface area contributed by atoms with Gasteiger partial charge in [0, 0.05) is 24.5 Å². The molecule has 2 rings (SSSR count). The van der Waals surface area contributed by atoms with Crippen LogP contribution in [0.1, 0.15) is 29.0 Å². The van der Waals surface area contributed by atoms with E-state index < -0.39 is 6.10 Å². The molecular weight excluding hydrogens is 495 g/mol. The molecule has 1 heterocycles. The zero-order chi connectivity index (χ0) is 18.9. The van der Waals surface area contributed by atoms with Gasteiger partial charge in [-0.15, -0.1) is 35.3 Å². The molecule has 0 saturated heterocycles. The van der Waals surface area contributed by atoms with Crippen LogP contribution in [0.4, 0.5) is 0 Å². The lowest BCUT2D eigenvalue weighted by Crippen LogP contribution is -2.39. The lowest BCUT2D eigenvalue weighted by molar-refractivity contribution is 0.184. The molecule has 5 nitrogen and oxygen atoms in total. The molecule has 2 aromatic rings. The SMILES string of the molecule is CCNC(=NCc1ccccc1CN(C)C)NCC(O)c1ccc(Cl)s1.I. The maximum atomic E-state index is 10.3. The molecule has 3 N–H and O–H groups in total. The van der Waals surface area contributed by atoms with Crippen molar-refractivity contribution in [2.75, 3.05) is 27.2 Å². The maximum Gasteiger partial charge on any atom is 0.191 e. The van der Waals surface area contributed by atoms with Crippen molar-refractivity contribution >= 4 is 52.9 Å². The van der Waals surface area contributed by atoms with E-state index in [1.54, 1.807) is 6.07 Å². The van der Waals surface area contributed by atoms with E-state index in [4.69, 9.17) is 11.6 Å². The predicted octanol–water partition coefficient (Wildman–Crippen LogP) is 3.87. The average molecular weight is 523 g/mol. The van der Waals surface area contributed by atoms with E-state index in [1.165, 1.54) is 22.5 Å². The standard InChI is InChI=1S/C19H27ClN4OS.HI/c1-4-21-19(23-12-16(25)17-9-10-18(20)26-17)22-11-14-7-5-6-8-15(14)13-24(2)3;/h5-10,16,25H,4,11-13H2,1-3H3,(H2,21,22,23);1H. The van der Waals surface area contributed by atoms with Crippen LogP contribution < -0.4 is 10.6 Å². The lowest BCUT2D eigenvalue weighted by Gasteiger charge is -2.16. The van der Waals surface area contributed by atoms with Gasteiger partial charge in [0.2, 0.25) is 0 Å². The highest BCUT2D eigenvalue weighted by Gasteiger charge is 2.11. The molecule has 0 amide bonds. The summed E-state index contributed by atoms with van der Waals surface area (Å²) in [6.07, 6.45) is -0.614. The summed E-state index contributed by atoms with van der Waals surface area (Å²) in [5.74, 6) is 0.689. The van der Waals surface area contributed by atoms with Crippen LogP contribution in [-0.4, -0.2) is 43.2 Å². The number of hydrogen-bond acceptors (Lipinski definition) is 4. The minimum Gasteiger partial charge on any atom is -0.386 e. The van der Waals surface area contributed by atoms with Crippen molar-refractivity contribution in [3.05, 3.63) is 56.7 Å². The second kappa shape index (κ2) is 12.6. The molecule has 1 aromatic carbocycles. The fraction of sp³-hybridized carbons (Fsp3) is 0.421. The summed E-state index contributed by atoms with van der Waals surface area (Å²) in [6.45, 7) is 4.62. The Hall–Kier alpha value is -0.870. The van der Waals surface area contributed by atoms with E-state index in [2.05, 4.69) is 52.8 Å². The van der Waals surface area contributed by atoms with Gasteiger partial charge in [-0.2, -0.15) is 0 Å². The summed E-state index contributed by atoms with van der Waals surface area (Å²) in [6, 6.07) is 12.0. The third-order valence-electron chi connectivity index (χ3n) is 3.74. The number of thiophene rings is 1. The Morgan fingerprint density at radius 3 is 2.48 bits per heavy atom. The van der Waals surface area contributed by atoms with Crippen molar-refractivity contribution in [1.82, 2.24) is 15.5 Å². The molecule has 0 saturated carbocycles. The fourth-order valence-corrected chi connectivity index (χ4v) is 3.56. The highest BCUT2D eigenvalue weighted by atomic mass is 127. The monoisotopic (exact) mass is 522 g/mol. The largest absolute Gasteiger partial charge is 0.386 e. The van der Waals surface area contributed by atoms with Crippen molar-refractivity contribution in [1.29, 1.82) is 0 Å². The topological polar surface area (TPSA) is 59.9 Å². The Balaban J connectivity index is 0.00000364. The Morgan fingerprint density at radius 1 is 1.19 bits per heavy atom. The summed E-state index contributed by atoms with van der Waals surface area (Å²) >= 11 is 7.32. The molecule has 0 aliphatic heterocycles. The summed E-state index contributed by atoms with van der Waals surface area (Å²) in [4.78, 5) is 7.65. The Kier molecular flexibility index (Phi) is 11.2. The Bertz CT molecular complexity index is 723. The van der Waals surface area contributed by atoms with Crippen LogP contribution in [0.2, 0.25) is 4.34 Å². The van der Waals surface area contributed by atoms with Crippen molar-refractivity contribution in [2.45, 2.75) is 26.1 Å². The van der Waals surface area contributed by atoms with Gasteiger partial charge in [0.05, 0.1) is 10.9 Å². The molecule has 8 heteroatoms. The first-order chi connectivity index (χ1) is 12.5. The number of hydrogen-bond donors (Lipinski definition) is 3. The molecule has 0 radical (unpaired) electrons. The van der Waals surface area contributed by atoms with Gasteiger partial charge in [0.25, 0.3) is 0 Å². The van der Waals surface area contributed by atoms with E-state index in [0.29, 0.717) is 23.4 Å². The fourth-order valence-electron chi connectivity index (χ4n) is 2.51. The van der Waals surface area contributed by atoms with E-state index >= 15 is 0 Å². The van der Waals surface area contributed by atoms with Gasteiger partial charge in [-0.25, -0.2) is 4.99 Å². The molecule has 0 aliphatic carbocycles. The van der Waals surface area contributed by atoms with Gasteiger partial charge < -0.3 is 20.6 Å². The van der Waals surface area contributed by atoms with Gasteiger partial charge >= 0.3 is 0 Å². The van der Waals surface area contributed by atoms with E-state index in [0.717, 1.165) is 18.0 Å². The lowest BCUT2D eigenvalue weighted by atomic mass is 10.1. The Morgan fingerprint density at radius 2 is 1.89 bits per heavy atom. The van der Waals surface area contributed by atoms with Crippen molar-refractivity contribution in [2.24, 2.45) is 4.99 Å². The van der Waals surface area contributed by atoms with Gasteiger partial charge in [-0.1, -0.05) is 35.9 Å². The number of halogens is 2. The van der Waals surface area contributed by atoms with Crippen molar-refractivity contribution in [3.8, 4) is 0 Å². The minimum absolute atomic E-state index is 0. The first kappa shape index (κ1) is 24.2. The third kappa shape index (κ3) is 8.35. The predicted molar refractivity (Wildman–Crippen MR) is 126 cm³/mol. The van der Waals surface area contributed by atoms with Crippen LogP contribution in [-0.2, 0) is 13.1 Å². The minimum atomic E-state index is -0.614.